The van der Waals surface area contributed by atoms with Crippen molar-refractivity contribution in [3.8, 4) is 0 Å². The van der Waals surface area contributed by atoms with E-state index in [0.29, 0.717) is 18.5 Å². The van der Waals surface area contributed by atoms with Gasteiger partial charge in [-0.2, -0.15) is 0 Å². The lowest BCUT2D eigenvalue weighted by Gasteiger charge is -2.36. The van der Waals surface area contributed by atoms with Crippen LogP contribution in [0, 0.1) is 5.92 Å². The number of rotatable bonds is 2. The molecule has 1 aromatic heterocycles. The number of aliphatic carboxylic acids is 1. The van der Waals surface area contributed by atoms with Gasteiger partial charge in [-0.05, 0) is 31.2 Å². The normalized spacial score (nSPS) is 21.8. The molecule has 2 heterocycles. The number of aromatic nitrogens is 1. The Kier molecular flexibility index (Phi) is 3.79. The van der Waals surface area contributed by atoms with Crippen molar-refractivity contribution in [1.82, 2.24) is 9.88 Å². The van der Waals surface area contributed by atoms with E-state index in [2.05, 4.69) is 4.98 Å². The molecule has 2 atom stereocenters. The lowest BCUT2D eigenvalue weighted by Crippen LogP contribution is -2.47. The van der Waals surface area contributed by atoms with E-state index in [1.807, 2.05) is 37.3 Å². The summed E-state index contributed by atoms with van der Waals surface area (Å²) < 4.78 is 0. The van der Waals surface area contributed by atoms with Crippen LogP contribution < -0.4 is 0 Å². The predicted molar refractivity (Wildman–Crippen MR) is 82.6 cm³/mol. The number of likely N-dealkylation sites (tertiary alicyclic amines) is 1. The van der Waals surface area contributed by atoms with Crippen molar-refractivity contribution in [3.63, 3.8) is 0 Å². The number of hydrogen-bond acceptors (Lipinski definition) is 3. The van der Waals surface area contributed by atoms with Crippen molar-refractivity contribution in [2.75, 3.05) is 6.54 Å². The number of carboxylic acid groups (broad SMARTS) is 1. The Bertz CT molecular complexity index is 723. The van der Waals surface area contributed by atoms with E-state index in [1.54, 1.807) is 11.1 Å². The minimum Gasteiger partial charge on any atom is -0.481 e. The zero-order valence-electron chi connectivity index (χ0n) is 12.4. The monoisotopic (exact) mass is 298 g/mol. The molecule has 5 nitrogen and oxygen atoms in total. The molecule has 22 heavy (non-hydrogen) atoms. The van der Waals surface area contributed by atoms with Gasteiger partial charge in [0, 0.05) is 24.2 Å². The molecule has 1 aliphatic heterocycles. The molecule has 2 unspecified atom stereocenters. The van der Waals surface area contributed by atoms with Crippen LogP contribution in [0.5, 0.6) is 0 Å². The number of carbonyl (C=O) groups is 2. The van der Waals surface area contributed by atoms with Gasteiger partial charge >= 0.3 is 5.97 Å². The van der Waals surface area contributed by atoms with Crippen molar-refractivity contribution in [3.05, 3.63) is 42.2 Å². The van der Waals surface area contributed by atoms with E-state index >= 15 is 0 Å². The number of benzene rings is 1. The second-order valence-corrected chi connectivity index (χ2v) is 5.80. The Balaban J connectivity index is 1.96. The molecule has 1 amide bonds. The fourth-order valence-corrected chi connectivity index (χ4v) is 3.02. The summed E-state index contributed by atoms with van der Waals surface area (Å²) >= 11 is 0. The summed E-state index contributed by atoms with van der Waals surface area (Å²) in [6, 6.07) is 9.50. The molecular formula is C17H18N2O3. The maximum atomic E-state index is 12.9. The first-order valence-corrected chi connectivity index (χ1v) is 7.45. The van der Waals surface area contributed by atoms with Gasteiger partial charge in [-0.1, -0.05) is 24.3 Å². The van der Waals surface area contributed by atoms with Crippen molar-refractivity contribution < 1.29 is 14.7 Å². The van der Waals surface area contributed by atoms with Crippen LogP contribution in [-0.2, 0) is 4.79 Å². The molecule has 5 heteroatoms. The molecule has 0 saturated carbocycles. The van der Waals surface area contributed by atoms with Crippen LogP contribution in [0.4, 0.5) is 0 Å². The van der Waals surface area contributed by atoms with Crippen molar-refractivity contribution in [2.24, 2.45) is 5.92 Å². The van der Waals surface area contributed by atoms with Crippen molar-refractivity contribution in [1.29, 1.82) is 0 Å². The van der Waals surface area contributed by atoms with E-state index in [1.165, 1.54) is 0 Å². The van der Waals surface area contributed by atoms with Crippen molar-refractivity contribution in [2.45, 2.75) is 25.8 Å². The minimum atomic E-state index is -0.837. The van der Waals surface area contributed by atoms with Crippen molar-refractivity contribution >= 4 is 22.6 Å². The zero-order chi connectivity index (χ0) is 15.7. The molecule has 1 saturated heterocycles. The summed E-state index contributed by atoms with van der Waals surface area (Å²) in [5.41, 5.74) is 0.399. The topological polar surface area (TPSA) is 70.5 Å². The third-order valence-electron chi connectivity index (χ3n) is 4.37. The largest absolute Gasteiger partial charge is 0.481 e. The highest BCUT2D eigenvalue weighted by molar-refractivity contribution is 6.05. The third-order valence-corrected chi connectivity index (χ3v) is 4.37. The molecule has 0 aliphatic carbocycles. The first kappa shape index (κ1) is 14.5. The Morgan fingerprint density at radius 1 is 1.23 bits per heavy atom. The summed E-state index contributed by atoms with van der Waals surface area (Å²) in [7, 11) is 0. The SMILES string of the molecule is CC1CCC(C(=O)O)CN1C(=O)c1nccc2ccccc12. The Morgan fingerprint density at radius 2 is 2.00 bits per heavy atom. The maximum absolute atomic E-state index is 12.9. The Labute approximate surface area is 128 Å². The van der Waals surface area contributed by atoms with Gasteiger partial charge in [0.2, 0.25) is 0 Å². The van der Waals surface area contributed by atoms with Crippen LogP contribution >= 0.6 is 0 Å². The number of nitrogens with zero attached hydrogens (tertiary/aromatic N) is 2. The highest BCUT2D eigenvalue weighted by Gasteiger charge is 2.33. The van der Waals surface area contributed by atoms with Crippen LogP contribution in [0.2, 0.25) is 0 Å². The number of fused-ring (bicyclic) bond motifs is 1. The number of hydrogen-bond donors (Lipinski definition) is 1. The summed E-state index contributed by atoms with van der Waals surface area (Å²) in [5.74, 6) is -1.51. The summed E-state index contributed by atoms with van der Waals surface area (Å²) in [6.07, 6.45) is 2.94. The van der Waals surface area contributed by atoms with Gasteiger partial charge in [0.05, 0.1) is 5.92 Å². The standard InChI is InChI=1S/C17H18N2O3/c1-11-6-7-13(17(21)22)10-19(11)16(20)15-14-5-3-2-4-12(14)8-9-18-15/h2-5,8-9,11,13H,6-7,10H2,1H3,(H,21,22). The van der Waals surface area contributed by atoms with Crippen LogP contribution in [0.15, 0.2) is 36.5 Å². The average Bonchev–Trinajstić information content (AvgIpc) is 2.54. The lowest BCUT2D eigenvalue weighted by atomic mass is 9.93. The molecule has 0 radical (unpaired) electrons. The molecule has 1 N–H and O–H groups in total. The summed E-state index contributed by atoms with van der Waals surface area (Å²) in [5, 5.41) is 11.0. The van der Waals surface area contributed by atoms with Crippen LogP contribution in [-0.4, -0.2) is 39.5 Å². The number of piperidine rings is 1. The second kappa shape index (κ2) is 5.75. The molecule has 0 spiro atoms. The minimum absolute atomic E-state index is 0.0314. The van der Waals surface area contributed by atoms with E-state index in [4.69, 9.17) is 0 Å². The molecule has 1 aromatic carbocycles. The number of carbonyl (C=O) groups excluding carboxylic acids is 1. The maximum Gasteiger partial charge on any atom is 0.308 e. The van der Waals surface area contributed by atoms with Gasteiger partial charge in [-0.25, -0.2) is 0 Å². The molecule has 1 fully saturated rings. The number of pyridine rings is 1. The first-order chi connectivity index (χ1) is 10.6. The molecule has 114 valence electrons. The smallest absolute Gasteiger partial charge is 0.308 e. The highest BCUT2D eigenvalue weighted by Crippen LogP contribution is 2.25. The van der Waals surface area contributed by atoms with Gasteiger partial charge in [-0.3, -0.25) is 14.6 Å². The van der Waals surface area contributed by atoms with Gasteiger partial charge < -0.3 is 10.0 Å². The van der Waals surface area contributed by atoms with Gasteiger partial charge in [0.25, 0.3) is 5.91 Å². The average molecular weight is 298 g/mol. The quantitative estimate of drug-likeness (QED) is 0.925. The third kappa shape index (κ3) is 2.54. The van der Waals surface area contributed by atoms with Crippen LogP contribution in [0.1, 0.15) is 30.3 Å². The summed E-state index contributed by atoms with van der Waals surface area (Å²) in [6.45, 7) is 2.21. The Hall–Kier alpha value is -2.43. The highest BCUT2D eigenvalue weighted by atomic mass is 16.4. The van der Waals surface area contributed by atoms with Gasteiger partial charge in [-0.15, -0.1) is 0 Å². The first-order valence-electron chi connectivity index (χ1n) is 7.45. The molecule has 1 aliphatic rings. The summed E-state index contributed by atoms with van der Waals surface area (Å²) in [4.78, 5) is 30.0. The second-order valence-electron chi connectivity index (χ2n) is 5.80. The van der Waals surface area contributed by atoms with Gasteiger partial charge in [0.1, 0.15) is 5.69 Å². The fourth-order valence-electron chi connectivity index (χ4n) is 3.02. The van der Waals surface area contributed by atoms with Crippen LogP contribution in [0.25, 0.3) is 10.8 Å². The lowest BCUT2D eigenvalue weighted by molar-refractivity contribution is -0.143. The molecule has 3 rings (SSSR count). The van der Waals surface area contributed by atoms with E-state index in [9.17, 15) is 14.7 Å². The zero-order valence-corrected chi connectivity index (χ0v) is 12.4. The van der Waals surface area contributed by atoms with E-state index < -0.39 is 11.9 Å². The van der Waals surface area contributed by atoms with E-state index in [-0.39, 0.29) is 18.5 Å². The molecule has 0 bridgehead atoms. The fraction of sp³-hybridized carbons (Fsp3) is 0.353. The number of carboxylic acids is 1. The predicted octanol–water partition coefficient (Wildman–Crippen LogP) is 2.56. The van der Waals surface area contributed by atoms with Crippen LogP contribution in [0.3, 0.4) is 0 Å². The van der Waals surface area contributed by atoms with Gasteiger partial charge in [0.15, 0.2) is 0 Å². The Morgan fingerprint density at radius 3 is 2.77 bits per heavy atom. The number of amides is 1. The van der Waals surface area contributed by atoms with E-state index in [0.717, 1.165) is 10.8 Å². The molecule has 2 aromatic rings. The molecular weight excluding hydrogens is 280 g/mol.